The first kappa shape index (κ1) is 18.3. The van der Waals surface area contributed by atoms with Crippen LogP contribution in [0.25, 0.3) is 0 Å². The van der Waals surface area contributed by atoms with Crippen molar-refractivity contribution in [2.24, 2.45) is 16.6 Å². The van der Waals surface area contributed by atoms with E-state index in [2.05, 4.69) is 20.8 Å². The first-order chi connectivity index (χ1) is 11.0. The Balaban J connectivity index is 2.25. The number of nitrogens with two attached hydrogens (primary N) is 1. The molecule has 1 aliphatic rings. The molecule has 0 spiro atoms. The van der Waals surface area contributed by atoms with Gasteiger partial charge in [0.15, 0.2) is 0 Å². The molecule has 1 fully saturated rings. The molecule has 1 saturated carbocycles. The predicted octanol–water partition coefficient (Wildman–Crippen LogP) is 3.41. The number of hydrogen-bond donors (Lipinski definition) is 3. The van der Waals surface area contributed by atoms with Crippen LogP contribution in [0.5, 0.6) is 0 Å². The molecule has 1 aliphatic carbocycles. The maximum absolute atomic E-state index is 11.8. The van der Waals surface area contributed by atoms with Gasteiger partial charge in [-0.05, 0) is 54.4 Å². The molecule has 2 unspecified atom stereocenters. The van der Waals surface area contributed by atoms with E-state index >= 15 is 0 Å². The van der Waals surface area contributed by atoms with Gasteiger partial charge in [0.25, 0.3) is 0 Å². The van der Waals surface area contributed by atoms with Crippen LogP contribution in [0.1, 0.15) is 50.4 Å². The molecular formula is C18H26N2O4. The van der Waals surface area contributed by atoms with Gasteiger partial charge < -0.3 is 15.9 Å². The monoisotopic (exact) mass is 334 g/mol. The largest absolute Gasteiger partial charge is 0.478 e. The molecule has 132 valence electrons. The third-order valence-electron chi connectivity index (χ3n) is 4.67. The minimum absolute atomic E-state index is 0.0591. The summed E-state index contributed by atoms with van der Waals surface area (Å²) in [6.45, 7) is 6.75. The van der Waals surface area contributed by atoms with Crippen molar-refractivity contribution in [2.75, 3.05) is 11.4 Å². The molecule has 2 atom stereocenters. The van der Waals surface area contributed by atoms with Crippen LogP contribution in [0.3, 0.4) is 0 Å². The molecule has 0 heterocycles. The van der Waals surface area contributed by atoms with Gasteiger partial charge in [0.2, 0.25) is 0 Å². The average molecular weight is 334 g/mol. The first-order valence-electron chi connectivity index (χ1n) is 8.11. The summed E-state index contributed by atoms with van der Waals surface area (Å²) in [4.78, 5) is 24.0. The molecule has 2 rings (SSSR count). The van der Waals surface area contributed by atoms with Crippen LogP contribution in [0.4, 0.5) is 10.5 Å². The van der Waals surface area contributed by atoms with Crippen LogP contribution in [0, 0.1) is 10.8 Å². The summed E-state index contributed by atoms with van der Waals surface area (Å²) in [5.74, 6) is -1.03. The number of aromatic carboxylic acids is 1. The van der Waals surface area contributed by atoms with Crippen molar-refractivity contribution >= 4 is 17.7 Å². The average Bonchev–Trinajstić information content (AvgIpc) is 2.42. The van der Waals surface area contributed by atoms with Gasteiger partial charge in [-0.2, -0.15) is 0 Å². The smallest absolute Gasteiger partial charge is 0.411 e. The normalized spacial score (nSPS) is 25.9. The van der Waals surface area contributed by atoms with E-state index in [1.165, 1.54) is 29.2 Å². The standard InChI is InChI=1S/C18H26N2O4/c1-17(2)8-13(19)9-18(3,10-17)11-20(16(23)24)14-6-4-12(5-7-14)15(21)22/h4-7,13H,8-11,19H2,1-3H3,(H,21,22)(H,23,24). The van der Waals surface area contributed by atoms with Gasteiger partial charge in [0.1, 0.15) is 0 Å². The third-order valence-corrected chi connectivity index (χ3v) is 4.67. The fraction of sp³-hybridized carbons (Fsp3) is 0.556. The minimum Gasteiger partial charge on any atom is -0.478 e. The van der Waals surface area contributed by atoms with Gasteiger partial charge in [-0.1, -0.05) is 20.8 Å². The predicted molar refractivity (Wildman–Crippen MR) is 92.5 cm³/mol. The highest BCUT2D eigenvalue weighted by Gasteiger charge is 2.41. The lowest BCUT2D eigenvalue weighted by Crippen LogP contribution is -2.48. The zero-order chi connectivity index (χ0) is 18.1. The van der Waals surface area contributed by atoms with Crippen molar-refractivity contribution < 1.29 is 19.8 Å². The molecule has 6 nitrogen and oxygen atoms in total. The molecule has 1 aromatic carbocycles. The van der Waals surface area contributed by atoms with Crippen LogP contribution in [0.15, 0.2) is 24.3 Å². The van der Waals surface area contributed by atoms with Crippen molar-refractivity contribution in [2.45, 2.75) is 46.1 Å². The fourth-order valence-electron chi connectivity index (χ4n) is 4.27. The molecule has 24 heavy (non-hydrogen) atoms. The molecule has 6 heteroatoms. The number of hydrogen-bond acceptors (Lipinski definition) is 3. The summed E-state index contributed by atoms with van der Waals surface area (Å²) in [5, 5.41) is 18.6. The summed E-state index contributed by atoms with van der Waals surface area (Å²) >= 11 is 0. The summed E-state index contributed by atoms with van der Waals surface area (Å²) in [6, 6.07) is 5.98. The number of benzene rings is 1. The highest BCUT2D eigenvalue weighted by atomic mass is 16.4. The SMILES string of the molecule is CC1(C)CC(N)CC(C)(CN(C(=O)O)c2ccc(C(=O)O)cc2)C1. The van der Waals surface area contributed by atoms with Crippen LogP contribution in [-0.2, 0) is 0 Å². The van der Waals surface area contributed by atoms with Gasteiger partial charge in [0, 0.05) is 18.3 Å². The van der Waals surface area contributed by atoms with E-state index in [1.54, 1.807) is 0 Å². The van der Waals surface area contributed by atoms with E-state index in [0.717, 1.165) is 19.3 Å². The number of carbonyl (C=O) groups is 2. The fourth-order valence-corrected chi connectivity index (χ4v) is 4.27. The lowest BCUT2D eigenvalue weighted by atomic mass is 9.62. The van der Waals surface area contributed by atoms with Crippen molar-refractivity contribution in [3.63, 3.8) is 0 Å². The second-order valence-corrected chi connectivity index (χ2v) is 8.04. The summed E-state index contributed by atoms with van der Waals surface area (Å²) < 4.78 is 0. The Labute approximate surface area is 142 Å². The molecule has 0 aromatic heterocycles. The van der Waals surface area contributed by atoms with E-state index in [4.69, 9.17) is 10.8 Å². The van der Waals surface area contributed by atoms with Crippen LogP contribution in [-0.4, -0.2) is 34.9 Å². The van der Waals surface area contributed by atoms with Gasteiger partial charge in [-0.25, -0.2) is 9.59 Å². The molecule has 0 radical (unpaired) electrons. The molecule has 0 aliphatic heterocycles. The number of rotatable bonds is 4. The zero-order valence-electron chi connectivity index (χ0n) is 14.5. The molecule has 0 saturated heterocycles. The zero-order valence-corrected chi connectivity index (χ0v) is 14.5. The summed E-state index contributed by atoms with van der Waals surface area (Å²) in [6.07, 6.45) is 1.55. The minimum atomic E-state index is -1.05. The lowest BCUT2D eigenvalue weighted by Gasteiger charge is -2.47. The van der Waals surface area contributed by atoms with Crippen molar-refractivity contribution in [3.05, 3.63) is 29.8 Å². The maximum atomic E-state index is 11.8. The van der Waals surface area contributed by atoms with Crippen LogP contribution >= 0.6 is 0 Å². The van der Waals surface area contributed by atoms with Crippen molar-refractivity contribution in [3.8, 4) is 0 Å². The van der Waals surface area contributed by atoms with Gasteiger partial charge in [-0.15, -0.1) is 0 Å². The number of amides is 1. The second kappa shape index (κ2) is 6.43. The topological polar surface area (TPSA) is 104 Å². The summed E-state index contributed by atoms with van der Waals surface area (Å²) in [5.41, 5.74) is 6.67. The Bertz CT molecular complexity index is 626. The van der Waals surface area contributed by atoms with Gasteiger partial charge >= 0.3 is 12.1 Å². The molecule has 1 aromatic rings. The molecule has 1 amide bonds. The highest BCUT2D eigenvalue weighted by molar-refractivity contribution is 5.90. The Morgan fingerprint density at radius 2 is 1.75 bits per heavy atom. The van der Waals surface area contributed by atoms with Crippen LogP contribution < -0.4 is 10.6 Å². The van der Waals surface area contributed by atoms with Gasteiger partial charge in [0.05, 0.1) is 5.56 Å². The number of anilines is 1. The Hall–Kier alpha value is -2.08. The van der Waals surface area contributed by atoms with Crippen molar-refractivity contribution in [1.29, 1.82) is 0 Å². The molecule has 0 bridgehead atoms. The van der Waals surface area contributed by atoms with E-state index in [1.807, 2.05) is 0 Å². The quantitative estimate of drug-likeness (QED) is 0.783. The first-order valence-corrected chi connectivity index (χ1v) is 8.11. The second-order valence-electron chi connectivity index (χ2n) is 8.04. The lowest BCUT2D eigenvalue weighted by molar-refractivity contribution is 0.0696. The van der Waals surface area contributed by atoms with E-state index < -0.39 is 12.1 Å². The van der Waals surface area contributed by atoms with E-state index in [0.29, 0.717) is 12.2 Å². The van der Waals surface area contributed by atoms with E-state index in [-0.39, 0.29) is 22.4 Å². The third kappa shape index (κ3) is 4.26. The van der Waals surface area contributed by atoms with Crippen LogP contribution in [0.2, 0.25) is 0 Å². The maximum Gasteiger partial charge on any atom is 0.411 e. The number of carboxylic acids is 1. The Kier molecular flexibility index (Phi) is 4.90. The molecular weight excluding hydrogens is 308 g/mol. The molecule has 4 N–H and O–H groups in total. The Morgan fingerprint density at radius 1 is 1.17 bits per heavy atom. The van der Waals surface area contributed by atoms with Gasteiger partial charge in [-0.3, -0.25) is 4.90 Å². The highest BCUT2D eigenvalue weighted by Crippen LogP contribution is 2.46. The van der Waals surface area contributed by atoms with E-state index in [9.17, 15) is 14.7 Å². The Morgan fingerprint density at radius 3 is 2.21 bits per heavy atom. The number of nitrogens with zero attached hydrogens (tertiary/aromatic N) is 1. The number of carboxylic acid groups (broad SMARTS) is 2. The summed E-state index contributed by atoms with van der Waals surface area (Å²) in [7, 11) is 0. The van der Waals surface area contributed by atoms with Crippen molar-refractivity contribution in [1.82, 2.24) is 0 Å².